The highest BCUT2D eigenvalue weighted by molar-refractivity contribution is 4.69. The van der Waals surface area contributed by atoms with E-state index in [2.05, 4.69) is 10.1 Å². The average Bonchev–Trinajstić information content (AvgIpc) is 2.15. The molecule has 0 aliphatic rings. The van der Waals surface area contributed by atoms with Gasteiger partial charge in [-0.15, -0.1) is 0 Å². The highest BCUT2D eigenvalue weighted by Gasteiger charge is 2.27. The molecule has 2 unspecified atom stereocenters. The molecule has 0 bridgehead atoms. The fraction of sp³-hybridized carbons (Fsp3) is 1.00. The Kier molecular flexibility index (Phi) is 6.92. The van der Waals surface area contributed by atoms with Gasteiger partial charge in [-0.2, -0.15) is 13.2 Å². The molecule has 2 nitrogen and oxygen atoms in total. The fourth-order valence-electron chi connectivity index (χ4n) is 1.47. The molecule has 0 aliphatic heterocycles. The van der Waals surface area contributed by atoms with Crippen molar-refractivity contribution in [2.24, 2.45) is 5.92 Å². The molecule has 0 amide bonds. The van der Waals surface area contributed by atoms with Gasteiger partial charge in [0.2, 0.25) is 0 Å². The van der Waals surface area contributed by atoms with Crippen LogP contribution in [0, 0.1) is 5.92 Å². The number of rotatable bonds is 7. The Bertz CT molecular complexity index is 161. The molecule has 0 rings (SSSR count). The van der Waals surface area contributed by atoms with Crippen LogP contribution in [0.2, 0.25) is 0 Å². The maximum Gasteiger partial charge on any atom is 0.411 e. The number of hydrogen-bond acceptors (Lipinski definition) is 2. The lowest BCUT2D eigenvalue weighted by molar-refractivity contribution is -0.174. The number of halogens is 3. The molecular weight excluding hydrogens is 207 g/mol. The standard InChI is InChI=1S/C10H20F3NO/c1-4-9(8(2)14-3)5-6-15-7-10(11,12)13/h8-9,14H,4-7H2,1-3H3. The zero-order valence-corrected chi connectivity index (χ0v) is 9.53. The third kappa shape index (κ3) is 7.62. The van der Waals surface area contributed by atoms with Gasteiger partial charge in [-0.1, -0.05) is 13.3 Å². The highest BCUT2D eigenvalue weighted by Crippen LogP contribution is 2.17. The lowest BCUT2D eigenvalue weighted by atomic mass is 9.95. The van der Waals surface area contributed by atoms with Crippen molar-refractivity contribution >= 4 is 0 Å². The maximum absolute atomic E-state index is 11.7. The van der Waals surface area contributed by atoms with Crippen molar-refractivity contribution in [2.75, 3.05) is 20.3 Å². The van der Waals surface area contributed by atoms with E-state index in [1.165, 1.54) is 0 Å². The summed E-state index contributed by atoms with van der Waals surface area (Å²) in [6.07, 6.45) is -2.61. The van der Waals surface area contributed by atoms with E-state index in [-0.39, 0.29) is 6.61 Å². The molecule has 5 heteroatoms. The summed E-state index contributed by atoms with van der Waals surface area (Å²) in [7, 11) is 1.85. The van der Waals surface area contributed by atoms with Crippen LogP contribution in [0.5, 0.6) is 0 Å². The van der Waals surface area contributed by atoms with Crippen molar-refractivity contribution < 1.29 is 17.9 Å². The summed E-state index contributed by atoms with van der Waals surface area (Å²) in [5.41, 5.74) is 0. The molecule has 0 aromatic rings. The molecule has 0 fully saturated rings. The third-order valence-corrected chi connectivity index (χ3v) is 2.59. The van der Waals surface area contributed by atoms with Crippen LogP contribution in [0.4, 0.5) is 13.2 Å². The number of nitrogens with one attached hydrogen (secondary N) is 1. The van der Waals surface area contributed by atoms with Crippen LogP contribution in [-0.4, -0.2) is 32.5 Å². The molecule has 1 N–H and O–H groups in total. The van der Waals surface area contributed by atoms with Crippen molar-refractivity contribution in [2.45, 2.75) is 38.9 Å². The topological polar surface area (TPSA) is 21.3 Å². The SMILES string of the molecule is CCC(CCOCC(F)(F)F)C(C)NC. The molecule has 0 spiro atoms. The minimum atomic E-state index is -4.21. The van der Waals surface area contributed by atoms with Gasteiger partial charge in [0, 0.05) is 12.6 Å². The van der Waals surface area contributed by atoms with Crippen LogP contribution in [-0.2, 0) is 4.74 Å². The predicted octanol–water partition coefficient (Wildman–Crippen LogP) is 2.59. The zero-order chi connectivity index (χ0) is 11.9. The van der Waals surface area contributed by atoms with E-state index < -0.39 is 12.8 Å². The number of alkyl halides is 3. The summed E-state index contributed by atoms with van der Waals surface area (Å²) >= 11 is 0. The van der Waals surface area contributed by atoms with Gasteiger partial charge in [-0.05, 0) is 26.3 Å². The van der Waals surface area contributed by atoms with Gasteiger partial charge in [0.05, 0.1) is 0 Å². The first-order valence-corrected chi connectivity index (χ1v) is 5.22. The predicted molar refractivity (Wildman–Crippen MR) is 53.8 cm³/mol. The fourth-order valence-corrected chi connectivity index (χ4v) is 1.47. The molecule has 0 aliphatic carbocycles. The summed E-state index contributed by atoms with van der Waals surface area (Å²) in [4.78, 5) is 0. The van der Waals surface area contributed by atoms with Crippen molar-refractivity contribution in [1.29, 1.82) is 0 Å². The monoisotopic (exact) mass is 227 g/mol. The number of ether oxygens (including phenoxy) is 1. The normalized spacial score (nSPS) is 16.4. The summed E-state index contributed by atoms with van der Waals surface area (Å²) in [6.45, 7) is 3.08. The van der Waals surface area contributed by atoms with Crippen molar-refractivity contribution in [1.82, 2.24) is 5.32 Å². The Hall–Kier alpha value is -0.290. The highest BCUT2D eigenvalue weighted by atomic mass is 19.4. The maximum atomic E-state index is 11.7. The smallest absolute Gasteiger partial charge is 0.372 e. The van der Waals surface area contributed by atoms with Crippen molar-refractivity contribution in [3.8, 4) is 0 Å². The van der Waals surface area contributed by atoms with E-state index in [9.17, 15) is 13.2 Å². The van der Waals surface area contributed by atoms with E-state index >= 15 is 0 Å². The lowest BCUT2D eigenvalue weighted by Gasteiger charge is -2.22. The van der Waals surface area contributed by atoms with Gasteiger partial charge >= 0.3 is 6.18 Å². The molecule has 0 radical (unpaired) electrons. The third-order valence-electron chi connectivity index (χ3n) is 2.59. The minimum Gasteiger partial charge on any atom is -0.372 e. The van der Waals surface area contributed by atoms with Gasteiger partial charge in [0.1, 0.15) is 6.61 Å². The van der Waals surface area contributed by atoms with Crippen LogP contribution in [0.25, 0.3) is 0 Å². The van der Waals surface area contributed by atoms with Gasteiger partial charge in [-0.3, -0.25) is 0 Å². The van der Waals surface area contributed by atoms with E-state index in [1.54, 1.807) is 0 Å². The van der Waals surface area contributed by atoms with Gasteiger partial charge in [0.15, 0.2) is 0 Å². The molecule has 0 heterocycles. The second-order valence-electron chi connectivity index (χ2n) is 3.70. The molecule has 0 saturated carbocycles. The van der Waals surface area contributed by atoms with Crippen LogP contribution in [0.1, 0.15) is 26.7 Å². The Morgan fingerprint density at radius 1 is 1.33 bits per heavy atom. The first kappa shape index (κ1) is 14.7. The van der Waals surface area contributed by atoms with E-state index in [0.717, 1.165) is 6.42 Å². The summed E-state index contributed by atoms with van der Waals surface area (Å²) in [5, 5.41) is 3.10. The molecule has 0 saturated heterocycles. The number of hydrogen-bond donors (Lipinski definition) is 1. The first-order chi connectivity index (χ1) is 6.90. The molecule has 0 aromatic carbocycles. The molecule has 0 aromatic heterocycles. The van der Waals surface area contributed by atoms with Crippen LogP contribution in [0.15, 0.2) is 0 Å². The van der Waals surface area contributed by atoms with Crippen LogP contribution < -0.4 is 5.32 Å². The quantitative estimate of drug-likeness (QED) is 0.675. The van der Waals surface area contributed by atoms with Gasteiger partial charge < -0.3 is 10.1 Å². The molecule has 15 heavy (non-hydrogen) atoms. The summed E-state index contributed by atoms with van der Waals surface area (Å²) in [5.74, 6) is 0.364. The Labute approximate surface area is 89.2 Å². The molecule has 2 atom stereocenters. The average molecular weight is 227 g/mol. The Morgan fingerprint density at radius 3 is 2.33 bits per heavy atom. The van der Waals surface area contributed by atoms with E-state index in [4.69, 9.17) is 0 Å². The Morgan fingerprint density at radius 2 is 1.93 bits per heavy atom. The lowest BCUT2D eigenvalue weighted by Crippen LogP contribution is -2.31. The zero-order valence-electron chi connectivity index (χ0n) is 9.53. The molecular formula is C10H20F3NO. The second kappa shape index (κ2) is 7.06. The van der Waals surface area contributed by atoms with Crippen molar-refractivity contribution in [3.05, 3.63) is 0 Å². The van der Waals surface area contributed by atoms with Gasteiger partial charge in [0.25, 0.3) is 0 Å². The largest absolute Gasteiger partial charge is 0.411 e. The first-order valence-electron chi connectivity index (χ1n) is 5.22. The Balaban J connectivity index is 3.64. The summed E-state index contributed by atoms with van der Waals surface area (Å²) in [6, 6.07) is 0.310. The van der Waals surface area contributed by atoms with E-state index in [1.807, 2.05) is 20.9 Å². The van der Waals surface area contributed by atoms with Crippen molar-refractivity contribution in [3.63, 3.8) is 0 Å². The minimum absolute atomic E-state index is 0.171. The summed E-state index contributed by atoms with van der Waals surface area (Å²) < 4.78 is 39.8. The van der Waals surface area contributed by atoms with Crippen LogP contribution >= 0.6 is 0 Å². The second-order valence-corrected chi connectivity index (χ2v) is 3.70. The van der Waals surface area contributed by atoms with Gasteiger partial charge in [-0.25, -0.2) is 0 Å². The van der Waals surface area contributed by atoms with E-state index in [0.29, 0.717) is 18.4 Å². The molecule has 92 valence electrons. The van der Waals surface area contributed by atoms with Crippen LogP contribution in [0.3, 0.4) is 0 Å².